The molecule has 1 aliphatic carbocycles. The minimum Gasteiger partial charge on any atom is -0.382 e. The van der Waals surface area contributed by atoms with Crippen molar-refractivity contribution in [3.05, 3.63) is 15.5 Å². The largest absolute Gasteiger partial charge is 0.382 e. The summed E-state index contributed by atoms with van der Waals surface area (Å²) in [6, 6.07) is 0. The van der Waals surface area contributed by atoms with Gasteiger partial charge in [0.2, 0.25) is 0 Å². The van der Waals surface area contributed by atoms with Gasteiger partial charge in [-0.25, -0.2) is 17.2 Å². The third-order valence-electron chi connectivity index (χ3n) is 2.39. The van der Waals surface area contributed by atoms with E-state index in [1.54, 1.807) is 0 Å². The van der Waals surface area contributed by atoms with Crippen LogP contribution in [0.2, 0.25) is 4.34 Å². The molecule has 8 heteroatoms. The first-order valence-corrected chi connectivity index (χ1v) is 7.30. The van der Waals surface area contributed by atoms with Crippen molar-refractivity contribution in [2.45, 2.75) is 22.7 Å². The molecule has 0 radical (unpaired) electrons. The van der Waals surface area contributed by atoms with E-state index in [4.69, 9.17) is 11.6 Å². The summed E-state index contributed by atoms with van der Waals surface area (Å²) in [5, 5.41) is 9.40. The molecule has 0 aliphatic heterocycles. The van der Waals surface area contributed by atoms with Crippen LogP contribution < -0.4 is 0 Å². The lowest BCUT2D eigenvalue weighted by molar-refractivity contribution is -0.0975. The van der Waals surface area contributed by atoms with Gasteiger partial charge in [0.05, 0.1) is 4.34 Å². The molecular formula is C8H7ClF2O3S2. The Labute approximate surface area is 99.6 Å². The van der Waals surface area contributed by atoms with Gasteiger partial charge in [-0.1, -0.05) is 11.6 Å². The Morgan fingerprint density at radius 2 is 2.12 bits per heavy atom. The van der Waals surface area contributed by atoms with Crippen LogP contribution in [0.4, 0.5) is 8.78 Å². The summed E-state index contributed by atoms with van der Waals surface area (Å²) in [5.41, 5.74) is -0.188. The van der Waals surface area contributed by atoms with Gasteiger partial charge in [0.15, 0.2) is 9.84 Å². The molecule has 1 N–H and O–H groups in total. The maximum atomic E-state index is 13.2. The second kappa shape index (κ2) is 3.38. The number of rotatable bonds is 1. The van der Waals surface area contributed by atoms with E-state index in [-0.39, 0.29) is 19.7 Å². The Kier molecular flexibility index (Phi) is 2.58. The normalized spacial score (nSPS) is 23.4. The highest BCUT2D eigenvalue weighted by Gasteiger charge is 2.51. The maximum absolute atomic E-state index is 13.2. The molecule has 0 saturated heterocycles. The zero-order chi connectivity index (χ0) is 12.3. The molecule has 0 amide bonds. The highest BCUT2D eigenvalue weighted by molar-refractivity contribution is 7.92. The van der Waals surface area contributed by atoms with Gasteiger partial charge in [-0.3, -0.25) is 0 Å². The van der Waals surface area contributed by atoms with E-state index in [1.807, 2.05) is 0 Å². The molecule has 16 heavy (non-hydrogen) atoms. The summed E-state index contributed by atoms with van der Waals surface area (Å²) in [6.45, 7) is 0. The van der Waals surface area contributed by atoms with Crippen molar-refractivity contribution >= 4 is 32.8 Å². The fourth-order valence-electron chi connectivity index (χ4n) is 1.69. The second-order valence-corrected chi connectivity index (χ2v) is 7.50. The third-order valence-corrected chi connectivity index (χ3v) is 5.73. The molecule has 1 aromatic heterocycles. The van der Waals surface area contributed by atoms with E-state index >= 15 is 0 Å². The van der Waals surface area contributed by atoms with Gasteiger partial charge >= 0.3 is 0 Å². The lowest BCUT2D eigenvalue weighted by Gasteiger charge is -2.14. The van der Waals surface area contributed by atoms with E-state index < -0.39 is 28.3 Å². The lowest BCUT2D eigenvalue weighted by Crippen LogP contribution is -2.22. The first-order valence-electron chi connectivity index (χ1n) is 4.21. The fourth-order valence-corrected chi connectivity index (χ4v) is 4.53. The third kappa shape index (κ3) is 1.66. The smallest absolute Gasteiger partial charge is 0.281 e. The van der Waals surface area contributed by atoms with Crippen LogP contribution in [-0.4, -0.2) is 25.7 Å². The number of hydrogen-bond acceptors (Lipinski definition) is 4. The molecule has 0 spiro atoms. The standard InChI is InChI=1S/C8H7ClF2O3S2/c1-16(13,14)7-4-3(6(9)15-7)2-8(10,11)5(4)12/h5,12H,2H2,1H3. The molecule has 0 fully saturated rings. The molecule has 1 heterocycles. The van der Waals surface area contributed by atoms with E-state index in [2.05, 4.69) is 0 Å². The monoisotopic (exact) mass is 288 g/mol. The SMILES string of the molecule is CS(=O)(=O)c1sc(Cl)c2c1C(O)C(F)(F)C2. The summed E-state index contributed by atoms with van der Waals surface area (Å²) in [4.78, 5) is 0. The molecule has 3 nitrogen and oxygen atoms in total. The molecule has 1 aliphatic rings. The van der Waals surface area contributed by atoms with Crippen LogP contribution in [0.3, 0.4) is 0 Å². The second-order valence-electron chi connectivity index (χ2n) is 3.67. The Hall–Kier alpha value is -0.240. The molecule has 90 valence electrons. The van der Waals surface area contributed by atoms with Crippen molar-refractivity contribution in [1.29, 1.82) is 0 Å². The Morgan fingerprint density at radius 1 is 1.56 bits per heavy atom. The molecule has 2 rings (SSSR count). The highest BCUT2D eigenvalue weighted by Crippen LogP contribution is 2.51. The zero-order valence-electron chi connectivity index (χ0n) is 8.00. The van der Waals surface area contributed by atoms with Gasteiger partial charge < -0.3 is 5.11 Å². The average Bonchev–Trinajstić information content (AvgIpc) is 2.51. The predicted molar refractivity (Wildman–Crippen MR) is 56.0 cm³/mol. The fraction of sp³-hybridized carbons (Fsp3) is 0.500. The molecule has 1 unspecified atom stereocenters. The van der Waals surface area contributed by atoms with Gasteiger partial charge in [0.25, 0.3) is 5.92 Å². The number of hydrogen-bond donors (Lipinski definition) is 1. The number of halogens is 3. The summed E-state index contributed by atoms with van der Waals surface area (Å²) < 4.78 is 48.9. The number of aliphatic hydroxyl groups excluding tert-OH is 1. The predicted octanol–water partition coefficient (Wildman–Crippen LogP) is 2.03. The zero-order valence-corrected chi connectivity index (χ0v) is 10.4. The van der Waals surface area contributed by atoms with E-state index in [9.17, 15) is 22.3 Å². The molecule has 1 aromatic rings. The molecular weight excluding hydrogens is 282 g/mol. The van der Waals surface area contributed by atoms with Crippen LogP contribution in [0.25, 0.3) is 0 Å². The topological polar surface area (TPSA) is 54.4 Å². The van der Waals surface area contributed by atoms with Crippen LogP contribution in [0.1, 0.15) is 17.2 Å². The number of thiophene rings is 1. The van der Waals surface area contributed by atoms with Crippen molar-refractivity contribution in [2.24, 2.45) is 0 Å². The minimum absolute atomic E-state index is 0.00616. The first-order chi connectivity index (χ1) is 7.14. The highest BCUT2D eigenvalue weighted by atomic mass is 35.5. The Balaban J connectivity index is 2.70. The number of aliphatic hydroxyl groups is 1. The van der Waals surface area contributed by atoms with Crippen molar-refractivity contribution in [3.8, 4) is 0 Å². The summed E-state index contributed by atoms with van der Waals surface area (Å²) >= 11 is 6.41. The number of fused-ring (bicyclic) bond motifs is 1. The van der Waals surface area contributed by atoms with Crippen LogP contribution in [-0.2, 0) is 16.3 Å². The van der Waals surface area contributed by atoms with Crippen LogP contribution in [0.15, 0.2) is 4.21 Å². The van der Waals surface area contributed by atoms with E-state index in [0.29, 0.717) is 11.3 Å². The Morgan fingerprint density at radius 3 is 2.62 bits per heavy atom. The average molecular weight is 289 g/mol. The van der Waals surface area contributed by atoms with Gasteiger partial charge in [0, 0.05) is 18.2 Å². The number of alkyl halides is 2. The van der Waals surface area contributed by atoms with Crippen molar-refractivity contribution < 1.29 is 22.3 Å². The summed E-state index contributed by atoms with van der Waals surface area (Å²) in [6.07, 6.45) is -1.90. The van der Waals surface area contributed by atoms with Gasteiger partial charge in [-0.15, -0.1) is 11.3 Å². The molecule has 0 bridgehead atoms. The van der Waals surface area contributed by atoms with Crippen LogP contribution in [0.5, 0.6) is 0 Å². The van der Waals surface area contributed by atoms with Gasteiger partial charge in [-0.05, 0) is 5.56 Å². The van der Waals surface area contributed by atoms with Crippen LogP contribution in [0, 0.1) is 0 Å². The maximum Gasteiger partial charge on any atom is 0.281 e. The molecule has 1 atom stereocenters. The van der Waals surface area contributed by atoms with Gasteiger partial charge in [0.1, 0.15) is 10.3 Å². The van der Waals surface area contributed by atoms with E-state index in [0.717, 1.165) is 6.26 Å². The summed E-state index contributed by atoms with van der Waals surface area (Å²) in [7, 11) is -3.65. The van der Waals surface area contributed by atoms with Gasteiger partial charge in [-0.2, -0.15) is 0 Å². The quantitative estimate of drug-likeness (QED) is 0.860. The Bertz CT molecular complexity index is 550. The van der Waals surface area contributed by atoms with Crippen molar-refractivity contribution in [1.82, 2.24) is 0 Å². The molecule has 0 aromatic carbocycles. The van der Waals surface area contributed by atoms with E-state index in [1.165, 1.54) is 0 Å². The summed E-state index contributed by atoms with van der Waals surface area (Å²) in [5.74, 6) is -3.35. The lowest BCUT2D eigenvalue weighted by atomic mass is 10.2. The number of sulfone groups is 1. The van der Waals surface area contributed by atoms with Crippen LogP contribution >= 0.6 is 22.9 Å². The first kappa shape index (κ1) is 12.2. The minimum atomic E-state index is -3.65. The molecule has 0 saturated carbocycles. The van der Waals surface area contributed by atoms with Crippen molar-refractivity contribution in [2.75, 3.05) is 6.26 Å². The van der Waals surface area contributed by atoms with Crippen molar-refractivity contribution in [3.63, 3.8) is 0 Å².